The molecule has 3 aromatic rings. The van der Waals surface area contributed by atoms with Crippen molar-refractivity contribution in [2.45, 2.75) is 40.8 Å². The summed E-state index contributed by atoms with van der Waals surface area (Å²) in [6.45, 7) is 8.40. The van der Waals surface area contributed by atoms with Gasteiger partial charge in [0.25, 0.3) is 5.91 Å². The highest BCUT2D eigenvalue weighted by molar-refractivity contribution is 6.07. The Kier molecular flexibility index (Phi) is 6.76. The molecule has 4 rings (SSSR count). The van der Waals surface area contributed by atoms with Gasteiger partial charge in [0.05, 0.1) is 28.2 Å². The van der Waals surface area contributed by atoms with E-state index in [0.29, 0.717) is 28.1 Å². The monoisotopic (exact) mass is 505 g/mol. The van der Waals surface area contributed by atoms with Crippen molar-refractivity contribution in [2.24, 2.45) is 4.99 Å². The molecule has 1 aliphatic heterocycles. The quantitative estimate of drug-likeness (QED) is 0.394. The van der Waals surface area contributed by atoms with E-state index in [1.165, 1.54) is 18.7 Å². The van der Waals surface area contributed by atoms with Crippen LogP contribution in [0.25, 0.3) is 16.7 Å². The summed E-state index contributed by atoms with van der Waals surface area (Å²) in [6, 6.07) is 15.7. The molecule has 192 valence electrons. The zero-order chi connectivity index (χ0) is 27.2. The number of aryl methyl sites for hydroxylation is 2. The summed E-state index contributed by atoms with van der Waals surface area (Å²) in [5, 5.41) is 0. The maximum Gasteiger partial charge on any atom is 0.418 e. The van der Waals surface area contributed by atoms with Crippen molar-refractivity contribution < 1.29 is 18.0 Å². The Morgan fingerprint density at radius 1 is 0.919 bits per heavy atom. The fraction of sp³-hybridized carbons (Fsp3) is 0.267. The maximum atomic E-state index is 14.0. The molecule has 0 radical (unpaired) electrons. The van der Waals surface area contributed by atoms with Crippen LogP contribution in [-0.2, 0) is 0 Å². The molecule has 1 amide bonds. The molecule has 0 aliphatic carbocycles. The van der Waals surface area contributed by atoms with E-state index < -0.39 is 11.7 Å². The summed E-state index contributed by atoms with van der Waals surface area (Å²) < 4.78 is 42.0. The Morgan fingerprint density at radius 2 is 1.57 bits per heavy atom. The van der Waals surface area contributed by atoms with Crippen LogP contribution in [0, 0.1) is 20.8 Å². The molecule has 2 aromatic carbocycles. The van der Waals surface area contributed by atoms with Gasteiger partial charge in [-0.05, 0) is 74.1 Å². The van der Waals surface area contributed by atoms with Crippen LogP contribution in [0.15, 0.2) is 70.4 Å². The molecule has 4 nitrogen and oxygen atoms in total. The molecule has 0 saturated heterocycles. The molecule has 0 spiro atoms. The van der Waals surface area contributed by atoms with E-state index in [9.17, 15) is 18.0 Å². The van der Waals surface area contributed by atoms with Gasteiger partial charge in [-0.3, -0.25) is 9.79 Å². The zero-order valence-corrected chi connectivity index (χ0v) is 22.1. The maximum absolute atomic E-state index is 14.0. The summed E-state index contributed by atoms with van der Waals surface area (Å²) in [5.41, 5.74) is 6.06. The van der Waals surface area contributed by atoms with E-state index in [4.69, 9.17) is 0 Å². The van der Waals surface area contributed by atoms with E-state index in [1.54, 1.807) is 21.0 Å². The smallest absolute Gasteiger partial charge is 0.358 e. The fourth-order valence-electron chi connectivity index (χ4n) is 4.98. The Bertz CT molecular complexity index is 1490. The standard InChI is InChI=1S/C30H30F3N3O/c1-16-13-14-22(21-11-9-8-10-12-21)15-23(16)25(28-18(3)26(20(5)35-28)30(31,32)33)27-17(2)24(19(4)34-27)29(37)36(6)7/h8-15,34H,1-7H3/b28-25-. The third-order valence-corrected chi connectivity index (χ3v) is 6.81. The Morgan fingerprint density at radius 3 is 2.14 bits per heavy atom. The number of aliphatic imine (C=N–C) groups is 1. The minimum atomic E-state index is -4.53. The van der Waals surface area contributed by atoms with Crippen molar-refractivity contribution in [3.63, 3.8) is 0 Å². The fourth-order valence-corrected chi connectivity index (χ4v) is 4.98. The molecule has 2 heterocycles. The van der Waals surface area contributed by atoms with Crippen LogP contribution >= 0.6 is 0 Å². The number of nitrogens with one attached hydrogen (secondary N) is 1. The minimum Gasteiger partial charge on any atom is -0.358 e. The number of aromatic nitrogens is 1. The second-order valence-corrected chi connectivity index (χ2v) is 9.64. The van der Waals surface area contributed by atoms with Crippen LogP contribution in [0.3, 0.4) is 0 Å². The normalized spacial score (nSPS) is 15.2. The first-order valence-corrected chi connectivity index (χ1v) is 12.0. The number of aromatic amines is 1. The van der Waals surface area contributed by atoms with Crippen molar-refractivity contribution >= 4 is 17.2 Å². The molecule has 7 heteroatoms. The van der Waals surface area contributed by atoms with E-state index in [1.807, 2.05) is 62.4 Å². The second-order valence-electron chi connectivity index (χ2n) is 9.64. The van der Waals surface area contributed by atoms with Gasteiger partial charge in [0, 0.05) is 25.4 Å². The number of nitrogens with zero attached hydrogens (tertiary/aromatic N) is 2. The second kappa shape index (κ2) is 9.54. The van der Waals surface area contributed by atoms with Crippen LogP contribution < -0.4 is 0 Å². The lowest BCUT2D eigenvalue weighted by Crippen LogP contribution is -2.22. The third kappa shape index (κ3) is 4.66. The minimum absolute atomic E-state index is 0.0663. The topological polar surface area (TPSA) is 48.5 Å². The van der Waals surface area contributed by atoms with Crippen LogP contribution in [-0.4, -0.2) is 41.8 Å². The van der Waals surface area contributed by atoms with Crippen molar-refractivity contribution in [2.75, 3.05) is 14.1 Å². The number of carbonyl (C=O) groups is 1. The Balaban J connectivity index is 2.10. The highest BCUT2D eigenvalue weighted by Gasteiger charge is 2.41. The van der Waals surface area contributed by atoms with E-state index >= 15 is 0 Å². The van der Waals surface area contributed by atoms with Crippen molar-refractivity contribution in [1.82, 2.24) is 9.88 Å². The van der Waals surface area contributed by atoms with E-state index in [2.05, 4.69) is 9.98 Å². The molecule has 0 bridgehead atoms. The summed E-state index contributed by atoms with van der Waals surface area (Å²) in [4.78, 5) is 22.3. The molecule has 0 unspecified atom stereocenters. The molecular weight excluding hydrogens is 475 g/mol. The first-order chi connectivity index (χ1) is 17.3. The van der Waals surface area contributed by atoms with Crippen LogP contribution in [0.4, 0.5) is 13.2 Å². The van der Waals surface area contributed by atoms with Gasteiger partial charge in [0.15, 0.2) is 0 Å². The van der Waals surface area contributed by atoms with Crippen LogP contribution in [0.5, 0.6) is 0 Å². The number of benzene rings is 2. The van der Waals surface area contributed by atoms with Crippen molar-refractivity contribution in [1.29, 1.82) is 0 Å². The van der Waals surface area contributed by atoms with E-state index in [0.717, 1.165) is 22.3 Å². The van der Waals surface area contributed by atoms with Gasteiger partial charge in [0.2, 0.25) is 0 Å². The number of H-pyrrole nitrogens is 1. The lowest BCUT2D eigenvalue weighted by Gasteiger charge is -2.17. The predicted octanol–water partition coefficient (Wildman–Crippen LogP) is 7.42. The number of alkyl halides is 3. The van der Waals surface area contributed by atoms with Crippen molar-refractivity contribution in [3.8, 4) is 11.1 Å². The zero-order valence-electron chi connectivity index (χ0n) is 22.1. The number of allylic oxidation sites excluding steroid dienone is 2. The first kappa shape index (κ1) is 26.2. The average molecular weight is 506 g/mol. The average Bonchev–Trinajstić information content (AvgIpc) is 3.29. The number of carbonyl (C=O) groups excluding carboxylic acids is 1. The van der Waals surface area contributed by atoms with Gasteiger partial charge in [-0.25, -0.2) is 0 Å². The van der Waals surface area contributed by atoms with Gasteiger partial charge in [-0.15, -0.1) is 0 Å². The van der Waals surface area contributed by atoms with Crippen molar-refractivity contribution in [3.05, 3.63) is 99.0 Å². The molecular formula is C30H30F3N3O. The van der Waals surface area contributed by atoms with E-state index in [-0.39, 0.29) is 22.9 Å². The molecule has 1 aromatic heterocycles. The lowest BCUT2D eigenvalue weighted by molar-refractivity contribution is -0.0864. The number of hydrogen-bond acceptors (Lipinski definition) is 2. The van der Waals surface area contributed by atoms with Gasteiger partial charge in [0.1, 0.15) is 0 Å². The van der Waals surface area contributed by atoms with Gasteiger partial charge in [-0.1, -0.05) is 42.5 Å². The molecule has 1 N–H and O–H groups in total. The molecule has 0 saturated carbocycles. The highest BCUT2D eigenvalue weighted by atomic mass is 19.4. The summed E-state index contributed by atoms with van der Waals surface area (Å²) in [7, 11) is 3.35. The largest absolute Gasteiger partial charge is 0.418 e. The number of rotatable bonds is 4. The number of hydrogen-bond donors (Lipinski definition) is 1. The van der Waals surface area contributed by atoms with Gasteiger partial charge >= 0.3 is 6.18 Å². The molecule has 1 aliphatic rings. The lowest BCUT2D eigenvalue weighted by atomic mass is 9.89. The number of halogens is 3. The first-order valence-electron chi connectivity index (χ1n) is 12.0. The summed E-state index contributed by atoms with van der Waals surface area (Å²) >= 11 is 0. The van der Waals surface area contributed by atoms with Crippen LogP contribution in [0.2, 0.25) is 0 Å². The van der Waals surface area contributed by atoms with Gasteiger partial charge < -0.3 is 9.88 Å². The third-order valence-electron chi connectivity index (χ3n) is 6.81. The predicted molar refractivity (Wildman–Crippen MR) is 143 cm³/mol. The summed E-state index contributed by atoms with van der Waals surface area (Å²) in [5.74, 6) is -0.175. The Hall–Kier alpha value is -3.87. The Labute approximate surface area is 215 Å². The van der Waals surface area contributed by atoms with Gasteiger partial charge in [-0.2, -0.15) is 13.2 Å². The van der Waals surface area contributed by atoms with Crippen LogP contribution in [0.1, 0.15) is 52.3 Å². The SMILES string of the molecule is CC1=N/C(=C(/c2cc(-c3ccccc3)ccc2C)c2[nH]c(C)c(C(=O)N(C)C)c2C)C(C)=C1C(F)(F)F. The number of amides is 1. The molecule has 0 fully saturated rings. The summed E-state index contributed by atoms with van der Waals surface area (Å²) in [6.07, 6.45) is -4.53. The molecule has 37 heavy (non-hydrogen) atoms. The highest BCUT2D eigenvalue weighted by Crippen LogP contribution is 2.43. The molecule has 0 atom stereocenters.